The first kappa shape index (κ1) is 14.5. The molecule has 0 aliphatic carbocycles. The lowest BCUT2D eigenvalue weighted by Crippen LogP contribution is -2.23. The molecule has 0 aliphatic rings. The maximum absolute atomic E-state index is 11.0. The van der Waals surface area contributed by atoms with Gasteiger partial charge in [-0.25, -0.2) is 13.1 Å². The molecule has 0 saturated heterocycles. The number of sulfonamides is 1. The summed E-state index contributed by atoms with van der Waals surface area (Å²) in [7, 11) is -3.14. The minimum absolute atomic E-state index is 0.383. The second-order valence-electron chi connectivity index (χ2n) is 4.24. The number of fused-ring (bicyclic) bond motifs is 1. The lowest BCUT2D eigenvalue weighted by atomic mass is 10.3. The van der Waals surface area contributed by atoms with E-state index in [-0.39, 0.29) is 0 Å². The Hall–Kier alpha value is -0.890. The van der Waals surface area contributed by atoms with Crippen LogP contribution in [0.2, 0.25) is 5.02 Å². The van der Waals surface area contributed by atoms with Crippen molar-refractivity contribution in [3.63, 3.8) is 0 Å². The van der Waals surface area contributed by atoms with Gasteiger partial charge in [0.25, 0.3) is 0 Å². The maximum atomic E-state index is 11.0. The van der Waals surface area contributed by atoms with E-state index in [0.29, 0.717) is 29.3 Å². The number of aromatic amines is 1. The molecule has 5 nitrogen and oxygen atoms in total. The fraction of sp³-hybridized carbons (Fsp3) is 0.364. The number of H-pyrrole nitrogens is 1. The minimum atomic E-state index is -3.14. The highest BCUT2D eigenvalue weighted by Crippen LogP contribution is 2.22. The molecule has 1 heterocycles. The summed E-state index contributed by atoms with van der Waals surface area (Å²) in [5.74, 6) is 0. The van der Waals surface area contributed by atoms with Gasteiger partial charge in [0.15, 0.2) is 4.77 Å². The van der Waals surface area contributed by atoms with Gasteiger partial charge in [0, 0.05) is 13.1 Å². The molecule has 0 bridgehead atoms. The van der Waals surface area contributed by atoms with E-state index in [1.807, 2.05) is 16.7 Å². The molecule has 8 heteroatoms. The van der Waals surface area contributed by atoms with E-state index in [0.717, 1.165) is 17.3 Å². The van der Waals surface area contributed by atoms with Gasteiger partial charge in [0.05, 0.1) is 22.3 Å². The average molecular weight is 320 g/mol. The summed E-state index contributed by atoms with van der Waals surface area (Å²) in [6, 6.07) is 5.58. The third-order valence-corrected chi connectivity index (χ3v) is 4.05. The smallest absolute Gasteiger partial charge is 0.208 e. The van der Waals surface area contributed by atoms with Gasteiger partial charge in [-0.2, -0.15) is 0 Å². The second-order valence-corrected chi connectivity index (χ2v) is 6.86. The summed E-state index contributed by atoms with van der Waals surface area (Å²) in [4.78, 5) is 3.06. The fourth-order valence-corrected chi connectivity index (χ4v) is 2.89. The predicted octanol–water partition coefficient (Wildman–Crippen LogP) is 2.29. The Kier molecular flexibility index (Phi) is 4.29. The van der Waals surface area contributed by atoms with Gasteiger partial charge in [-0.3, -0.25) is 0 Å². The van der Waals surface area contributed by atoms with E-state index in [1.165, 1.54) is 0 Å². The summed E-state index contributed by atoms with van der Waals surface area (Å²) in [6.45, 7) is 1.01. The third-order valence-electron chi connectivity index (χ3n) is 2.68. The highest BCUT2D eigenvalue weighted by molar-refractivity contribution is 7.88. The summed E-state index contributed by atoms with van der Waals surface area (Å²) in [5, 5.41) is 0.622. The zero-order valence-corrected chi connectivity index (χ0v) is 12.7. The topological polar surface area (TPSA) is 66.9 Å². The molecule has 0 radical (unpaired) electrons. The predicted molar refractivity (Wildman–Crippen MR) is 79.6 cm³/mol. The first-order valence-corrected chi connectivity index (χ1v) is 8.38. The molecule has 0 amide bonds. The molecular formula is C11H14ClN3O2S2. The third kappa shape index (κ3) is 3.56. The SMILES string of the molecule is CS(=O)(=O)NCCCn1c(=S)[nH]c2c(Cl)cccc21. The Balaban J connectivity index is 2.15. The van der Waals surface area contributed by atoms with Gasteiger partial charge < -0.3 is 9.55 Å². The van der Waals surface area contributed by atoms with E-state index in [1.54, 1.807) is 6.07 Å². The molecule has 0 saturated carbocycles. The fourth-order valence-electron chi connectivity index (χ4n) is 1.86. The number of nitrogens with one attached hydrogen (secondary N) is 2. The number of halogens is 1. The number of benzene rings is 1. The average Bonchev–Trinajstić information content (AvgIpc) is 2.62. The quantitative estimate of drug-likeness (QED) is 0.656. The zero-order chi connectivity index (χ0) is 14.0. The van der Waals surface area contributed by atoms with Crippen LogP contribution < -0.4 is 4.72 Å². The Morgan fingerprint density at radius 2 is 2.21 bits per heavy atom. The number of rotatable bonds is 5. The minimum Gasteiger partial charge on any atom is -0.329 e. The van der Waals surface area contributed by atoms with Crippen molar-refractivity contribution in [1.29, 1.82) is 0 Å². The van der Waals surface area contributed by atoms with Crippen molar-refractivity contribution in [3.8, 4) is 0 Å². The molecular weight excluding hydrogens is 306 g/mol. The van der Waals surface area contributed by atoms with Crippen LogP contribution >= 0.6 is 23.8 Å². The number of para-hydroxylation sites is 1. The zero-order valence-electron chi connectivity index (χ0n) is 10.3. The Labute approximate surface area is 121 Å². The molecule has 0 aliphatic heterocycles. The number of aromatic nitrogens is 2. The summed E-state index contributed by atoms with van der Waals surface area (Å²) in [6.07, 6.45) is 1.80. The van der Waals surface area contributed by atoms with Crippen LogP contribution in [-0.4, -0.2) is 30.8 Å². The van der Waals surface area contributed by atoms with Crippen LogP contribution in [0.3, 0.4) is 0 Å². The molecule has 2 aromatic rings. The molecule has 2 N–H and O–H groups in total. The molecule has 0 fully saturated rings. The first-order valence-electron chi connectivity index (χ1n) is 5.70. The van der Waals surface area contributed by atoms with Crippen LogP contribution in [0.4, 0.5) is 0 Å². The largest absolute Gasteiger partial charge is 0.329 e. The van der Waals surface area contributed by atoms with Crippen LogP contribution in [0.15, 0.2) is 18.2 Å². The van der Waals surface area contributed by atoms with Gasteiger partial charge >= 0.3 is 0 Å². The number of hydrogen-bond acceptors (Lipinski definition) is 3. The van der Waals surface area contributed by atoms with E-state index >= 15 is 0 Å². The first-order chi connectivity index (χ1) is 8.88. The van der Waals surface area contributed by atoms with E-state index in [2.05, 4.69) is 9.71 Å². The van der Waals surface area contributed by atoms with E-state index in [9.17, 15) is 8.42 Å². The molecule has 2 rings (SSSR count). The van der Waals surface area contributed by atoms with Crippen molar-refractivity contribution in [2.24, 2.45) is 0 Å². The van der Waals surface area contributed by atoms with Crippen molar-refractivity contribution in [3.05, 3.63) is 28.0 Å². The van der Waals surface area contributed by atoms with Crippen LogP contribution in [0, 0.1) is 4.77 Å². The molecule has 19 heavy (non-hydrogen) atoms. The van der Waals surface area contributed by atoms with Crippen molar-refractivity contribution in [1.82, 2.24) is 14.3 Å². The number of nitrogens with zero attached hydrogens (tertiary/aromatic N) is 1. The molecule has 0 spiro atoms. The monoisotopic (exact) mass is 319 g/mol. The van der Waals surface area contributed by atoms with Crippen molar-refractivity contribution < 1.29 is 8.42 Å². The number of aryl methyl sites for hydroxylation is 1. The van der Waals surface area contributed by atoms with Crippen LogP contribution in [-0.2, 0) is 16.6 Å². The van der Waals surface area contributed by atoms with Crippen molar-refractivity contribution in [2.45, 2.75) is 13.0 Å². The summed E-state index contributed by atoms with van der Waals surface area (Å²) < 4.78 is 26.9. The maximum Gasteiger partial charge on any atom is 0.208 e. The molecule has 1 aromatic carbocycles. The molecule has 1 aromatic heterocycles. The molecule has 0 unspecified atom stereocenters. The number of imidazole rings is 1. The molecule has 104 valence electrons. The molecule has 0 atom stereocenters. The van der Waals surface area contributed by atoms with E-state index in [4.69, 9.17) is 23.8 Å². The van der Waals surface area contributed by atoms with Crippen molar-refractivity contribution in [2.75, 3.05) is 12.8 Å². The lowest BCUT2D eigenvalue weighted by Gasteiger charge is -2.05. The second kappa shape index (κ2) is 5.62. The van der Waals surface area contributed by atoms with Crippen LogP contribution in [0.1, 0.15) is 6.42 Å². The van der Waals surface area contributed by atoms with Gasteiger partial charge in [0.1, 0.15) is 0 Å². The van der Waals surface area contributed by atoms with Gasteiger partial charge in [-0.15, -0.1) is 0 Å². The summed E-state index contributed by atoms with van der Waals surface area (Å²) in [5.41, 5.74) is 1.74. The van der Waals surface area contributed by atoms with Gasteiger partial charge in [-0.05, 0) is 30.8 Å². The normalized spacial score (nSPS) is 12.1. The lowest BCUT2D eigenvalue weighted by molar-refractivity contribution is 0.576. The highest BCUT2D eigenvalue weighted by atomic mass is 35.5. The van der Waals surface area contributed by atoms with E-state index < -0.39 is 10.0 Å². The Bertz CT molecular complexity index is 749. The van der Waals surface area contributed by atoms with Crippen molar-refractivity contribution >= 4 is 44.9 Å². The highest BCUT2D eigenvalue weighted by Gasteiger charge is 2.07. The van der Waals surface area contributed by atoms with Crippen LogP contribution in [0.5, 0.6) is 0 Å². The number of hydrogen-bond donors (Lipinski definition) is 2. The van der Waals surface area contributed by atoms with Gasteiger partial charge in [-0.1, -0.05) is 17.7 Å². The van der Waals surface area contributed by atoms with Gasteiger partial charge in [0.2, 0.25) is 10.0 Å². The Morgan fingerprint density at radius 3 is 2.89 bits per heavy atom. The summed E-state index contributed by atoms with van der Waals surface area (Å²) >= 11 is 11.3. The Morgan fingerprint density at radius 1 is 1.47 bits per heavy atom. The van der Waals surface area contributed by atoms with Crippen LogP contribution in [0.25, 0.3) is 11.0 Å². The standard InChI is InChI=1S/C11H14ClN3O2S2/c1-19(16,17)13-6-3-7-15-9-5-2-4-8(12)10(9)14-11(15)18/h2,4-5,13H,3,6-7H2,1H3,(H,14,18).